The van der Waals surface area contributed by atoms with Crippen molar-refractivity contribution < 1.29 is 9.53 Å². The summed E-state index contributed by atoms with van der Waals surface area (Å²) < 4.78 is 5.45. The molecule has 2 rings (SSSR count). The van der Waals surface area contributed by atoms with Gasteiger partial charge in [-0.25, -0.2) is 0 Å². The molecule has 1 unspecified atom stereocenters. The molecular weight excluding hydrogens is 252 g/mol. The number of carbonyl (C=O) groups excluding carboxylic acids is 1. The quantitative estimate of drug-likeness (QED) is 0.812. The average molecular weight is 276 g/mol. The molecule has 1 aliphatic carbocycles. The molecule has 0 heterocycles. The number of ether oxygens (including phenoxy) is 1. The summed E-state index contributed by atoms with van der Waals surface area (Å²) in [4.78, 5) is 14.7. The minimum atomic E-state index is -0.726. The number of amides is 1. The van der Waals surface area contributed by atoms with E-state index in [0.29, 0.717) is 19.0 Å². The smallest absolute Gasteiger partial charge is 0.255 e. The zero-order chi connectivity index (χ0) is 14.8. The highest BCUT2D eigenvalue weighted by atomic mass is 16.5. The standard InChI is InChI=1S/C16H24N2O2/c1-4-16(2,20-3)15(19)18(14-9-10-14)11-12-5-7-13(17)8-6-12/h5-8,14H,4,9-11,17H2,1-3H3. The van der Waals surface area contributed by atoms with Crippen molar-refractivity contribution in [3.8, 4) is 0 Å². The summed E-state index contributed by atoms with van der Waals surface area (Å²) in [5.74, 6) is 0.0850. The molecule has 20 heavy (non-hydrogen) atoms. The molecule has 0 bridgehead atoms. The fourth-order valence-electron chi connectivity index (χ4n) is 2.26. The van der Waals surface area contributed by atoms with Crippen LogP contribution in [0.5, 0.6) is 0 Å². The molecule has 1 aromatic carbocycles. The van der Waals surface area contributed by atoms with Gasteiger partial charge in [0.2, 0.25) is 0 Å². The van der Waals surface area contributed by atoms with Gasteiger partial charge in [-0.05, 0) is 43.9 Å². The lowest BCUT2D eigenvalue weighted by Crippen LogP contribution is -2.48. The molecule has 1 aromatic rings. The first-order chi connectivity index (χ1) is 9.50. The number of methoxy groups -OCH3 is 1. The molecule has 0 aromatic heterocycles. The molecule has 0 saturated heterocycles. The molecule has 1 aliphatic rings. The fraction of sp³-hybridized carbons (Fsp3) is 0.562. The summed E-state index contributed by atoms with van der Waals surface area (Å²) in [6.07, 6.45) is 2.85. The van der Waals surface area contributed by atoms with Gasteiger partial charge in [-0.2, -0.15) is 0 Å². The van der Waals surface area contributed by atoms with Crippen LogP contribution in [0.1, 0.15) is 38.7 Å². The van der Waals surface area contributed by atoms with Crippen LogP contribution in [0, 0.1) is 0 Å². The second-order valence-corrected chi connectivity index (χ2v) is 5.69. The molecule has 0 aliphatic heterocycles. The predicted molar refractivity (Wildman–Crippen MR) is 80.1 cm³/mol. The number of anilines is 1. The van der Waals surface area contributed by atoms with Gasteiger partial charge in [0.05, 0.1) is 0 Å². The Kier molecular flexibility index (Phi) is 4.33. The molecule has 110 valence electrons. The van der Waals surface area contributed by atoms with Crippen molar-refractivity contribution in [3.05, 3.63) is 29.8 Å². The molecule has 1 fully saturated rings. The number of rotatable bonds is 6. The second-order valence-electron chi connectivity index (χ2n) is 5.69. The zero-order valence-electron chi connectivity index (χ0n) is 12.6. The van der Waals surface area contributed by atoms with Crippen LogP contribution >= 0.6 is 0 Å². The largest absolute Gasteiger partial charge is 0.399 e. The lowest BCUT2D eigenvalue weighted by molar-refractivity contribution is -0.154. The van der Waals surface area contributed by atoms with Crippen LogP contribution in [0.2, 0.25) is 0 Å². The number of benzene rings is 1. The van der Waals surface area contributed by atoms with E-state index in [9.17, 15) is 4.79 Å². The van der Waals surface area contributed by atoms with Gasteiger partial charge in [-0.15, -0.1) is 0 Å². The maximum Gasteiger partial charge on any atom is 0.255 e. The number of nitrogens with two attached hydrogens (primary N) is 1. The first-order valence-corrected chi connectivity index (χ1v) is 7.21. The highest BCUT2D eigenvalue weighted by Gasteiger charge is 2.41. The third kappa shape index (κ3) is 3.12. The Balaban J connectivity index is 2.15. The molecular formula is C16H24N2O2. The molecule has 1 amide bonds. The number of nitrogen functional groups attached to an aromatic ring is 1. The Bertz CT molecular complexity index is 462. The summed E-state index contributed by atoms with van der Waals surface area (Å²) in [6, 6.07) is 8.07. The number of hydrogen-bond donors (Lipinski definition) is 1. The first kappa shape index (κ1) is 14.9. The molecule has 0 radical (unpaired) electrons. The summed E-state index contributed by atoms with van der Waals surface area (Å²) in [6.45, 7) is 4.48. The van der Waals surface area contributed by atoms with Gasteiger partial charge in [0, 0.05) is 25.4 Å². The van der Waals surface area contributed by atoms with Crippen LogP contribution in [0.25, 0.3) is 0 Å². The molecule has 1 saturated carbocycles. The van der Waals surface area contributed by atoms with Crippen LogP contribution < -0.4 is 5.73 Å². The Morgan fingerprint density at radius 2 is 2.00 bits per heavy atom. The van der Waals surface area contributed by atoms with Gasteiger partial charge in [0.25, 0.3) is 5.91 Å². The summed E-state index contributed by atoms with van der Waals surface area (Å²) in [5, 5.41) is 0. The maximum atomic E-state index is 12.8. The van der Waals surface area contributed by atoms with Crippen LogP contribution in [-0.2, 0) is 16.1 Å². The Hall–Kier alpha value is -1.55. The fourth-order valence-corrected chi connectivity index (χ4v) is 2.26. The molecule has 4 heteroatoms. The molecule has 0 spiro atoms. The van der Waals surface area contributed by atoms with Gasteiger partial charge < -0.3 is 15.4 Å². The minimum Gasteiger partial charge on any atom is -0.399 e. The van der Waals surface area contributed by atoms with Crippen LogP contribution in [0.15, 0.2) is 24.3 Å². The van der Waals surface area contributed by atoms with Gasteiger partial charge in [-0.1, -0.05) is 19.1 Å². The third-order valence-electron chi connectivity index (χ3n) is 4.16. The second kappa shape index (κ2) is 5.83. The van der Waals surface area contributed by atoms with E-state index in [1.54, 1.807) is 7.11 Å². The van der Waals surface area contributed by atoms with Gasteiger partial charge in [0.1, 0.15) is 5.60 Å². The van der Waals surface area contributed by atoms with E-state index in [1.165, 1.54) is 0 Å². The summed E-state index contributed by atoms with van der Waals surface area (Å²) in [7, 11) is 1.61. The van der Waals surface area contributed by atoms with Crippen LogP contribution in [-0.4, -0.2) is 29.6 Å². The number of nitrogens with zero attached hydrogens (tertiary/aromatic N) is 1. The van der Waals surface area contributed by atoms with Gasteiger partial charge >= 0.3 is 0 Å². The Morgan fingerprint density at radius 3 is 2.45 bits per heavy atom. The average Bonchev–Trinajstić information content (AvgIpc) is 3.29. The summed E-state index contributed by atoms with van der Waals surface area (Å²) >= 11 is 0. The summed E-state index contributed by atoms with van der Waals surface area (Å²) in [5.41, 5.74) is 6.82. The van der Waals surface area contributed by atoms with Crippen molar-refractivity contribution in [3.63, 3.8) is 0 Å². The van der Waals surface area contributed by atoms with Crippen molar-refractivity contribution in [1.82, 2.24) is 4.90 Å². The SMILES string of the molecule is CCC(C)(OC)C(=O)N(Cc1ccc(N)cc1)C1CC1. The highest BCUT2D eigenvalue weighted by molar-refractivity contribution is 5.85. The first-order valence-electron chi connectivity index (χ1n) is 7.21. The number of hydrogen-bond acceptors (Lipinski definition) is 3. The van der Waals surface area contributed by atoms with E-state index in [0.717, 1.165) is 24.1 Å². The molecule has 2 N–H and O–H groups in total. The predicted octanol–water partition coefficient (Wildman–Crippen LogP) is 2.57. The van der Waals surface area contributed by atoms with Crippen molar-refractivity contribution in [2.24, 2.45) is 0 Å². The Morgan fingerprint density at radius 1 is 1.40 bits per heavy atom. The monoisotopic (exact) mass is 276 g/mol. The highest BCUT2D eigenvalue weighted by Crippen LogP contribution is 2.32. The van der Waals surface area contributed by atoms with E-state index in [-0.39, 0.29) is 5.91 Å². The molecule has 4 nitrogen and oxygen atoms in total. The lowest BCUT2D eigenvalue weighted by Gasteiger charge is -2.33. The van der Waals surface area contributed by atoms with Crippen LogP contribution in [0.3, 0.4) is 0 Å². The zero-order valence-corrected chi connectivity index (χ0v) is 12.6. The van der Waals surface area contributed by atoms with Gasteiger partial charge in [0.15, 0.2) is 0 Å². The van der Waals surface area contributed by atoms with Crippen molar-refractivity contribution in [2.45, 2.75) is 51.3 Å². The topological polar surface area (TPSA) is 55.6 Å². The van der Waals surface area contributed by atoms with E-state index in [4.69, 9.17) is 10.5 Å². The normalized spacial score (nSPS) is 17.6. The number of carbonyl (C=O) groups is 1. The van der Waals surface area contributed by atoms with Crippen LogP contribution in [0.4, 0.5) is 5.69 Å². The van der Waals surface area contributed by atoms with E-state index < -0.39 is 5.60 Å². The van der Waals surface area contributed by atoms with Crippen molar-refractivity contribution >= 4 is 11.6 Å². The Labute approximate surface area is 120 Å². The minimum absolute atomic E-state index is 0.0850. The van der Waals surface area contributed by atoms with Crippen molar-refractivity contribution in [2.75, 3.05) is 12.8 Å². The molecule has 1 atom stereocenters. The van der Waals surface area contributed by atoms with Gasteiger partial charge in [-0.3, -0.25) is 4.79 Å². The van der Waals surface area contributed by atoms with E-state index >= 15 is 0 Å². The van der Waals surface area contributed by atoms with Crippen molar-refractivity contribution in [1.29, 1.82) is 0 Å². The van der Waals surface area contributed by atoms with E-state index in [1.807, 2.05) is 43.0 Å². The third-order valence-corrected chi connectivity index (χ3v) is 4.16. The lowest BCUT2D eigenvalue weighted by atomic mass is 10.0. The maximum absolute atomic E-state index is 12.8. The van der Waals surface area contributed by atoms with E-state index in [2.05, 4.69) is 0 Å².